The zero-order valence-corrected chi connectivity index (χ0v) is 13.1. The first kappa shape index (κ1) is 14.2. The first-order valence-electron chi connectivity index (χ1n) is 8.03. The van der Waals surface area contributed by atoms with Gasteiger partial charge in [-0.05, 0) is 31.9 Å². The number of imide groups is 1. The van der Waals surface area contributed by atoms with Crippen LogP contribution in [0.5, 0.6) is 0 Å². The number of para-hydroxylation sites is 1. The normalized spacial score (nSPS) is 30.6. The summed E-state index contributed by atoms with van der Waals surface area (Å²) in [7, 11) is 0. The molecule has 120 valence electrons. The van der Waals surface area contributed by atoms with Gasteiger partial charge in [-0.3, -0.25) is 14.5 Å². The molecule has 3 fully saturated rings. The molecule has 3 aliphatic rings. The SMILES string of the molecule is C[C@@]12CCCN1C(=O)N([C@H]1CC(=O)N(c3ccccc3)C1)C2=O. The smallest absolute Gasteiger partial charge is 0.310 e. The van der Waals surface area contributed by atoms with Crippen LogP contribution >= 0.6 is 0 Å². The molecule has 1 aromatic carbocycles. The van der Waals surface area contributed by atoms with Crippen LogP contribution in [0.3, 0.4) is 0 Å². The molecule has 0 bridgehead atoms. The van der Waals surface area contributed by atoms with Crippen LogP contribution in [-0.4, -0.2) is 52.3 Å². The third-order valence-corrected chi connectivity index (χ3v) is 5.30. The Hall–Kier alpha value is -2.37. The molecule has 4 amide bonds. The largest absolute Gasteiger partial charge is 0.328 e. The highest BCUT2D eigenvalue weighted by atomic mass is 16.2. The van der Waals surface area contributed by atoms with E-state index >= 15 is 0 Å². The number of anilines is 1. The van der Waals surface area contributed by atoms with Gasteiger partial charge >= 0.3 is 6.03 Å². The summed E-state index contributed by atoms with van der Waals surface area (Å²) in [6.45, 7) is 2.84. The average Bonchev–Trinajstić information content (AvgIpc) is 3.16. The van der Waals surface area contributed by atoms with Crippen LogP contribution in [0.15, 0.2) is 30.3 Å². The van der Waals surface area contributed by atoms with Crippen molar-refractivity contribution in [2.45, 2.75) is 37.8 Å². The molecule has 0 N–H and O–H groups in total. The summed E-state index contributed by atoms with van der Waals surface area (Å²) in [6.07, 6.45) is 1.77. The van der Waals surface area contributed by atoms with Crippen molar-refractivity contribution in [1.29, 1.82) is 0 Å². The van der Waals surface area contributed by atoms with E-state index in [1.807, 2.05) is 37.3 Å². The van der Waals surface area contributed by atoms with E-state index in [-0.39, 0.29) is 30.3 Å². The first-order valence-corrected chi connectivity index (χ1v) is 8.03. The molecule has 0 unspecified atom stereocenters. The van der Waals surface area contributed by atoms with E-state index in [1.165, 1.54) is 4.90 Å². The molecule has 0 spiro atoms. The van der Waals surface area contributed by atoms with Crippen molar-refractivity contribution in [1.82, 2.24) is 9.80 Å². The molecular formula is C17H19N3O3. The van der Waals surface area contributed by atoms with Crippen LogP contribution in [0.1, 0.15) is 26.2 Å². The Kier molecular flexibility index (Phi) is 2.98. The molecule has 1 aromatic rings. The molecule has 3 heterocycles. The third-order valence-electron chi connectivity index (χ3n) is 5.30. The van der Waals surface area contributed by atoms with Crippen molar-refractivity contribution in [3.63, 3.8) is 0 Å². The summed E-state index contributed by atoms with van der Waals surface area (Å²) in [6, 6.07) is 8.77. The molecule has 0 saturated carbocycles. The van der Waals surface area contributed by atoms with Crippen LogP contribution < -0.4 is 4.90 Å². The highest BCUT2D eigenvalue weighted by Gasteiger charge is 2.59. The van der Waals surface area contributed by atoms with E-state index in [0.29, 0.717) is 19.5 Å². The van der Waals surface area contributed by atoms with E-state index in [9.17, 15) is 14.4 Å². The predicted octanol–water partition coefficient (Wildman–Crippen LogP) is 1.61. The first-order chi connectivity index (χ1) is 11.0. The van der Waals surface area contributed by atoms with Crippen LogP contribution in [0.25, 0.3) is 0 Å². The number of carbonyl (C=O) groups is 3. The maximum absolute atomic E-state index is 12.8. The summed E-state index contributed by atoms with van der Waals surface area (Å²) in [5.74, 6) is -0.188. The van der Waals surface area contributed by atoms with Gasteiger partial charge in [0, 0.05) is 25.2 Å². The van der Waals surface area contributed by atoms with Gasteiger partial charge in [-0.2, -0.15) is 0 Å². The summed E-state index contributed by atoms with van der Waals surface area (Å²) in [5, 5.41) is 0. The van der Waals surface area contributed by atoms with Crippen molar-refractivity contribution < 1.29 is 14.4 Å². The van der Waals surface area contributed by atoms with E-state index in [0.717, 1.165) is 12.1 Å². The van der Waals surface area contributed by atoms with Crippen molar-refractivity contribution in [2.24, 2.45) is 0 Å². The average molecular weight is 313 g/mol. The third kappa shape index (κ3) is 1.90. The van der Waals surface area contributed by atoms with Gasteiger partial charge in [-0.1, -0.05) is 18.2 Å². The molecule has 4 rings (SSSR count). The summed E-state index contributed by atoms with van der Waals surface area (Å²) >= 11 is 0. The van der Waals surface area contributed by atoms with Gasteiger partial charge in [0.1, 0.15) is 5.54 Å². The van der Waals surface area contributed by atoms with Crippen molar-refractivity contribution >= 4 is 23.5 Å². The maximum atomic E-state index is 12.8. The topological polar surface area (TPSA) is 60.9 Å². The standard InChI is InChI=1S/C17H19N3O3/c1-17-8-5-9-19(17)16(23)20(15(17)22)13-10-14(21)18(11-13)12-6-3-2-4-7-12/h2-4,6-7,13H,5,8-11H2,1H3/t13-,17-/m0/s1. The Morgan fingerprint density at radius 2 is 1.87 bits per heavy atom. The second-order valence-corrected chi connectivity index (χ2v) is 6.68. The minimum absolute atomic E-state index is 0.0426. The molecular weight excluding hydrogens is 294 g/mol. The summed E-state index contributed by atoms with van der Waals surface area (Å²) < 4.78 is 0. The molecule has 6 nitrogen and oxygen atoms in total. The number of hydrogen-bond donors (Lipinski definition) is 0. The highest BCUT2D eigenvalue weighted by molar-refractivity contribution is 6.08. The van der Waals surface area contributed by atoms with Crippen LogP contribution in [-0.2, 0) is 9.59 Å². The van der Waals surface area contributed by atoms with Crippen LogP contribution in [0, 0.1) is 0 Å². The molecule has 3 aliphatic heterocycles. The van der Waals surface area contributed by atoms with Gasteiger partial charge in [-0.15, -0.1) is 0 Å². The second kappa shape index (κ2) is 4.81. The van der Waals surface area contributed by atoms with E-state index in [4.69, 9.17) is 0 Å². The van der Waals surface area contributed by atoms with Gasteiger partial charge in [-0.25, -0.2) is 4.79 Å². The molecule has 23 heavy (non-hydrogen) atoms. The van der Waals surface area contributed by atoms with Gasteiger partial charge < -0.3 is 9.80 Å². The van der Waals surface area contributed by atoms with E-state index in [2.05, 4.69) is 0 Å². The number of amides is 4. The molecule has 3 saturated heterocycles. The molecule has 0 aliphatic carbocycles. The van der Waals surface area contributed by atoms with Gasteiger partial charge in [0.15, 0.2) is 0 Å². The van der Waals surface area contributed by atoms with Gasteiger partial charge in [0.2, 0.25) is 5.91 Å². The fourth-order valence-corrected chi connectivity index (χ4v) is 4.01. The van der Waals surface area contributed by atoms with Gasteiger partial charge in [0.25, 0.3) is 5.91 Å². The summed E-state index contributed by atoms with van der Waals surface area (Å²) in [5.41, 5.74) is 0.103. The number of fused-ring (bicyclic) bond motifs is 1. The predicted molar refractivity (Wildman–Crippen MR) is 83.8 cm³/mol. The zero-order chi connectivity index (χ0) is 16.2. The van der Waals surface area contributed by atoms with E-state index < -0.39 is 5.54 Å². The molecule has 0 radical (unpaired) electrons. The summed E-state index contributed by atoms with van der Waals surface area (Å²) in [4.78, 5) is 42.4. The zero-order valence-electron chi connectivity index (χ0n) is 13.1. The highest BCUT2D eigenvalue weighted by Crippen LogP contribution is 2.39. The quantitative estimate of drug-likeness (QED) is 0.779. The Morgan fingerprint density at radius 3 is 2.57 bits per heavy atom. The van der Waals surface area contributed by atoms with Crippen molar-refractivity contribution in [3.8, 4) is 0 Å². The van der Waals surface area contributed by atoms with Crippen molar-refractivity contribution in [3.05, 3.63) is 30.3 Å². The number of urea groups is 1. The van der Waals surface area contributed by atoms with Crippen LogP contribution in [0.4, 0.5) is 10.5 Å². The lowest BCUT2D eigenvalue weighted by Gasteiger charge is -2.23. The lowest BCUT2D eigenvalue weighted by atomic mass is 9.99. The van der Waals surface area contributed by atoms with E-state index in [1.54, 1.807) is 9.80 Å². The molecule has 6 heteroatoms. The van der Waals surface area contributed by atoms with Crippen molar-refractivity contribution in [2.75, 3.05) is 18.0 Å². The lowest BCUT2D eigenvalue weighted by Crippen LogP contribution is -2.45. The molecule has 0 aromatic heterocycles. The number of carbonyl (C=O) groups excluding carboxylic acids is 3. The lowest BCUT2D eigenvalue weighted by molar-refractivity contribution is -0.133. The number of hydrogen-bond acceptors (Lipinski definition) is 3. The van der Waals surface area contributed by atoms with Crippen LogP contribution in [0.2, 0.25) is 0 Å². The minimum Gasteiger partial charge on any atom is -0.310 e. The fourth-order valence-electron chi connectivity index (χ4n) is 4.01. The monoisotopic (exact) mass is 313 g/mol. The number of nitrogens with zero attached hydrogens (tertiary/aromatic N) is 3. The Labute approximate surface area is 134 Å². The number of benzene rings is 1. The fraction of sp³-hybridized carbons (Fsp3) is 0.471. The molecule has 2 atom stereocenters. The Balaban J connectivity index is 1.60. The minimum atomic E-state index is -0.708. The maximum Gasteiger partial charge on any atom is 0.328 e. The second-order valence-electron chi connectivity index (χ2n) is 6.68. The Morgan fingerprint density at radius 1 is 1.13 bits per heavy atom. The number of rotatable bonds is 2. The van der Waals surface area contributed by atoms with Gasteiger partial charge in [0.05, 0.1) is 6.04 Å². The Bertz CT molecular complexity index is 690.